The summed E-state index contributed by atoms with van der Waals surface area (Å²) in [6, 6.07) is 10.2. The van der Waals surface area contributed by atoms with Crippen LogP contribution in [0.1, 0.15) is 4.88 Å². The Kier molecular flexibility index (Phi) is 3.61. The molecule has 0 spiro atoms. The van der Waals surface area contributed by atoms with Gasteiger partial charge in [0.2, 0.25) is 0 Å². The Bertz CT molecular complexity index is 660. The number of aryl methyl sites for hydroxylation is 1. The molecule has 0 radical (unpaired) electrons. The normalized spacial score (nSPS) is 10.8. The summed E-state index contributed by atoms with van der Waals surface area (Å²) in [4.78, 5) is 5.71. The van der Waals surface area contributed by atoms with Crippen molar-refractivity contribution in [3.8, 4) is 10.6 Å². The number of thioether (sulfide) groups is 1. The van der Waals surface area contributed by atoms with Crippen LogP contribution in [-0.2, 0) is 12.8 Å². The molecule has 96 valence electrons. The molecule has 0 saturated carbocycles. The summed E-state index contributed by atoms with van der Waals surface area (Å²) in [6.07, 6.45) is 3.65. The molecule has 0 unspecified atom stereocenters. The van der Waals surface area contributed by atoms with Crippen molar-refractivity contribution in [2.75, 3.05) is 0 Å². The summed E-state index contributed by atoms with van der Waals surface area (Å²) in [6.45, 7) is 0. The molecule has 3 rings (SSSR count). The van der Waals surface area contributed by atoms with E-state index < -0.39 is 0 Å². The monoisotopic (exact) mass is 288 g/mol. The second-order valence-corrected chi connectivity index (χ2v) is 6.07. The van der Waals surface area contributed by atoms with Gasteiger partial charge in [-0.3, -0.25) is 0 Å². The molecule has 0 aliphatic rings. The summed E-state index contributed by atoms with van der Waals surface area (Å²) < 4.78 is 1.92. The summed E-state index contributed by atoms with van der Waals surface area (Å²) in [5.74, 6) is 0.872. The van der Waals surface area contributed by atoms with E-state index >= 15 is 0 Å². The predicted octanol–water partition coefficient (Wildman–Crippen LogP) is 3.23. The second-order valence-electron chi connectivity index (χ2n) is 4.01. The summed E-state index contributed by atoms with van der Waals surface area (Å²) in [7, 11) is 1.95. The SMILES string of the molecule is Cn1cnnc1SCc1cnc(-c2ccccc2)s1. The molecule has 0 bridgehead atoms. The van der Waals surface area contributed by atoms with Crippen LogP contribution in [-0.4, -0.2) is 19.7 Å². The average Bonchev–Trinajstić information content (AvgIpc) is 3.06. The first-order valence-electron chi connectivity index (χ1n) is 5.80. The first-order valence-corrected chi connectivity index (χ1v) is 7.60. The van der Waals surface area contributed by atoms with Crippen LogP contribution in [0.15, 0.2) is 48.0 Å². The lowest BCUT2D eigenvalue weighted by molar-refractivity contribution is 0.788. The number of rotatable bonds is 4. The highest BCUT2D eigenvalue weighted by Crippen LogP contribution is 2.28. The molecular weight excluding hydrogens is 276 g/mol. The van der Waals surface area contributed by atoms with Gasteiger partial charge in [0.1, 0.15) is 11.3 Å². The van der Waals surface area contributed by atoms with E-state index in [2.05, 4.69) is 27.3 Å². The van der Waals surface area contributed by atoms with Gasteiger partial charge in [-0.25, -0.2) is 4.98 Å². The standard InChI is InChI=1S/C13H12N4S2/c1-17-9-15-16-13(17)18-8-11-7-14-12(19-11)10-5-3-2-4-6-10/h2-7,9H,8H2,1H3. The van der Waals surface area contributed by atoms with Gasteiger partial charge in [0, 0.05) is 29.4 Å². The Morgan fingerprint density at radius 3 is 2.84 bits per heavy atom. The third kappa shape index (κ3) is 2.85. The van der Waals surface area contributed by atoms with Crippen LogP contribution in [0.2, 0.25) is 0 Å². The van der Waals surface area contributed by atoms with E-state index in [9.17, 15) is 0 Å². The third-order valence-corrected chi connectivity index (χ3v) is 4.90. The van der Waals surface area contributed by atoms with Crippen molar-refractivity contribution in [2.24, 2.45) is 7.05 Å². The van der Waals surface area contributed by atoms with Gasteiger partial charge in [0.15, 0.2) is 5.16 Å². The highest BCUT2D eigenvalue weighted by molar-refractivity contribution is 7.98. The maximum absolute atomic E-state index is 4.47. The topological polar surface area (TPSA) is 43.6 Å². The Morgan fingerprint density at radius 2 is 2.11 bits per heavy atom. The van der Waals surface area contributed by atoms with Gasteiger partial charge in [-0.05, 0) is 0 Å². The fourth-order valence-corrected chi connectivity index (χ4v) is 3.45. The van der Waals surface area contributed by atoms with Crippen LogP contribution in [0.3, 0.4) is 0 Å². The number of thiazole rings is 1. The van der Waals surface area contributed by atoms with Gasteiger partial charge in [0.25, 0.3) is 0 Å². The van der Waals surface area contributed by atoms with Crippen LogP contribution in [0.25, 0.3) is 10.6 Å². The predicted molar refractivity (Wildman–Crippen MR) is 78.1 cm³/mol. The lowest BCUT2D eigenvalue weighted by Crippen LogP contribution is -1.88. The lowest BCUT2D eigenvalue weighted by Gasteiger charge is -1.97. The molecule has 0 aliphatic heterocycles. The molecule has 1 aromatic carbocycles. The van der Waals surface area contributed by atoms with Crippen LogP contribution in [0.5, 0.6) is 0 Å². The number of nitrogens with zero attached hydrogens (tertiary/aromatic N) is 4. The number of benzene rings is 1. The second kappa shape index (κ2) is 5.54. The van der Waals surface area contributed by atoms with E-state index in [0.29, 0.717) is 0 Å². The summed E-state index contributed by atoms with van der Waals surface area (Å²) >= 11 is 3.40. The minimum atomic E-state index is 0.872. The highest BCUT2D eigenvalue weighted by Gasteiger charge is 2.07. The molecule has 0 amide bonds. The van der Waals surface area contributed by atoms with Gasteiger partial charge < -0.3 is 4.57 Å². The minimum absolute atomic E-state index is 0.872. The van der Waals surface area contributed by atoms with Crippen molar-refractivity contribution >= 4 is 23.1 Å². The summed E-state index contributed by atoms with van der Waals surface area (Å²) in [5, 5.41) is 9.91. The smallest absolute Gasteiger partial charge is 0.191 e. The molecule has 0 atom stereocenters. The van der Waals surface area contributed by atoms with Gasteiger partial charge >= 0.3 is 0 Å². The number of aromatic nitrogens is 4. The fourth-order valence-electron chi connectivity index (χ4n) is 1.63. The maximum Gasteiger partial charge on any atom is 0.191 e. The van der Waals surface area contributed by atoms with E-state index in [-0.39, 0.29) is 0 Å². The molecule has 0 saturated heterocycles. The zero-order valence-corrected chi connectivity index (χ0v) is 12.0. The van der Waals surface area contributed by atoms with E-state index in [1.807, 2.05) is 36.0 Å². The van der Waals surface area contributed by atoms with Gasteiger partial charge in [-0.2, -0.15) is 0 Å². The lowest BCUT2D eigenvalue weighted by atomic mass is 10.2. The van der Waals surface area contributed by atoms with Gasteiger partial charge in [0.05, 0.1) is 0 Å². The largest absolute Gasteiger partial charge is 0.312 e. The molecule has 0 N–H and O–H groups in total. The third-order valence-electron chi connectivity index (χ3n) is 2.59. The van der Waals surface area contributed by atoms with E-state index in [0.717, 1.165) is 15.9 Å². The Morgan fingerprint density at radius 1 is 1.26 bits per heavy atom. The first kappa shape index (κ1) is 12.4. The fraction of sp³-hybridized carbons (Fsp3) is 0.154. The Balaban J connectivity index is 1.70. The molecular formula is C13H12N4S2. The highest BCUT2D eigenvalue weighted by atomic mass is 32.2. The molecule has 0 aliphatic carbocycles. The van der Waals surface area contributed by atoms with Crippen LogP contribution < -0.4 is 0 Å². The molecule has 4 nitrogen and oxygen atoms in total. The molecule has 2 heterocycles. The molecule has 3 aromatic rings. The average molecular weight is 288 g/mol. The van der Waals surface area contributed by atoms with E-state index in [4.69, 9.17) is 0 Å². The molecule has 6 heteroatoms. The summed E-state index contributed by atoms with van der Waals surface area (Å²) in [5.41, 5.74) is 1.17. The quantitative estimate of drug-likeness (QED) is 0.691. The van der Waals surface area contributed by atoms with Crippen LogP contribution >= 0.6 is 23.1 Å². The molecule has 2 aromatic heterocycles. The van der Waals surface area contributed by atoms with E-state index in [1.165, 1.54) is 10.4 Å². The first-order chi connectivity index (χ1) is 9.33. The molecule has 19 heavy (non-hydrogen) atoms. The Hall–Kier alpha value is -1.66. The maximum atomic E-state index is 4.47. The van der Waals surface area contributed by atoms with Crippen molar-refractivity contribution in [1.82, 2.24) is 19.7 Å². The Labute approximate surface area is 119 Å². The van der Waals surface area contributed by atoms with Crippen LogP contribution in [0, 0.1) is 0 Å². The number of hydrogen-bond acceptors (Lipinski definition) is 5. The van der Waals surface area contributed by atoms with E-state index in [1.54, 1.807) is 29.4 Å². The van der Waals surface area contributed by atoms with Crippen molar-refractivity contribution < 1.29 is 0 Å². The van der Waals surface area contributed by atoms with Crippen LogP contribution in [0.4, 0.5) is 0 Å². The zero-order valence-electron chi connectivity index (χ0n) is 10.4. The molecule has 0 fully saturated rings. The van der Waals surface area contributed by atoms with Crippen molar-refractivity contribution in [3.63, 3.8) is 0 Å². The van der Waals surface area contributed by atoms with Crippen molar-refractivity contribution in [3.05, 3.63) is 47.7 Å². The van der Waals surface area contributed by atoms with Crippen molar-refractivity contribution in [2.45, 2.75) is 10.9 Å². The number of hydrogen-bond donors (Lipinski definition) is 0. The van der Waals surface area contributed by atoms with Gasteiger partial charge in [-0.15, -0.1) is 21.5 Å². The zero-order chi connectivity index (χ0) is 13.1. The van der Waals surface area contributed by atoms with Crippen molar-refractivity contribution in [1.29, 1.82) is 0 Å². The minimum Gasteiger partial charge on any atom is -0.312 e. The van der Waals surface area contributed by atoms with Gasteiger partial charge in [-0.1, -0.05) is 42.1 Å².